The van der Waals surface area contributed by atoms with E-state index in [0.29, 0.717) is 18.1 Å². The molecule has 0 spiro atoms. The van der Waals surface area contributed by atoms with Crippen LogP contribution in [0.5, 0.6) is 0 Å². The second-order valence-electron chi connectivity index (χ2n) is 3.03. The van der Waals surface area contributed by atoms with E-state index in [0.717, 1.165) is 0 Å². The van der Waals surface area contributed by atoms with Crippen molar-refractivity contribution in [3.8, 4) is 0 Å². The molecule has 0 aromatic carbocycles. The van der Waals surface area contributed by atoms with Crippen molar-refractivity contribution in [1.29, 1.82) is 0 Å². The minimum Gasteiger partial charge on any atom is -0.395 e. The highest BCUT2D eigenvalue weighted by Crippen LogP contribution is 2.27. The first-order valence-electron chi connectivity index (χ1n) is 4.62. The fraction of sp³-hybridized carbons (Fsp3) is 0.333. The van der Waals surface area contributed by atoms with Crippen LogP contribution in [0.15, 0.2) is 18.3 Å². The average molecular weight is 299 g/mol. The third kappa shape index (κ3) is 4.95. The van der Waals surface area contributed by atoms with Crippen molar-refractivity contribution in [1.82, 2.24) is 4.98 Å². The number of anilines is 2. The Kier molecular flexibility index (Phi) is 5.27. The summed E-state index contributed by atoms with van der Waals surface area (Å²) in [6.07, 6.45) is 1.41. The van der Waals surface area contributed by atoms with E-state index in [9.17, 15) is 4.79 Å². The number of nitrogens with zero attached hydrogens (tertiary/aromatic N) is 1. The van der Waals surface area contributed by atoms with Crippen LogP contribution >= 0.6 is 34.8 Å². The lowest BCUT2D eigenvalue weighted by Gasteiger charge is -2.11. The van der Waals surface area contributed by atoms with Crippen molar-refractivity contribution in [3.05, 3.63) is 18.3 Å². The lowest BCUT2D eigenvalue weighted by atomic mass is 10.4. The Balaban J connectivity index is 2.59. The highest BCUT2D eigenvalue weighted by Gasteiger charge is 2.30. The second-order valence-corrected chi connectivity index (χ2v) is 5.32. The predicted octanol–water partition coefficient (Wildman–Crippen LogP) is 1.79. The Morgan fingerprint density at radius 2 is 2.12 bits per heavy atom. The molecule has 0 fully saturated rings. The lowest BCUT2D eigenvalue weighted by Crippen LogP contribution is -2.26. The molecule has 3 N–H and O–H groups in total. The summed E-state index contributed by atoms with van der Waals surface area (Å²) in [5.41, 5.74) is 0.413. The van der Waals surface area contributed by atoms with E-state index in [2.05, 4.69) is 15.6 Å². The maximum atomic E-state index is 11.3. The van der Waals surface area contributed by atoms with E-state index in [1.54, 1.807) is 12.1 Å². The van der Waals surface area contributed by atoms with Crippen LogP contribution in [-0.2, 0) is 4.79 Å². The van der Waals surface area contributed by atoms with Crippen LogP contribution in [0.25, 0.3) is 0 Å². The van der Waals surface area contributed by atoms with Crippen molar-refractivity contribution >= 4 is 52.2 Å². The summed E-state index contributed by atoms with van der Waals surface area (Å²) in [5, 5.41) is 13.8. The summed E-state index contributed by atoms with van der Waals surface area (Å²) in [5.74, 6) is -0.175. The van der Waals surface area contributed by atoms with Gasteiger partial charge in [-0.2, -0.15) is 0 Å². The molecule has 1 heterocycles. The molecular formula is C9H10Cl3N3O2. The normalized spacial score (nSPS) is 11.1. The van der Waals surface area contributed by atoms with Crippen molar-refractivity contribution in [2.45, 2.75) is 3.79 Å². The number of carbonyl (C=O) groups excluding carboxylic acids is 1. The number of alkyl halides is 3. The van der Waals surface area contributed by atoms with E-state index >= 15 is 0 Å². The van der Waals surface area contributed by atoms with E-state index in [1.807, 2.05) is 0 Å². The first-order chi connectivity index (χ1) is 7.93. The van der Waals surface area contributed by atoms with Gasteiger partial charge in [0.05, 0.1) is 18.5 Å². The van der Waals surface area contributed by atoms with E-state index < -0.39 is 9.70 Å². The molecule has 0 unspecified atom stereocenters. The highest BCUT2D eigenvalue weighted by molar-refractivity contribution is 6.76. The number of hydrogen-bond acceptors (Lipinski definition) is 4. The van der Waals surface area contributed by atoms with Gasteiger partial charge in [-0.15, -0.1) is 0 Å². The third-order valence-electron chi connectivity index (χ3n) is 1.70. The molecule has 8 heteroatoms. The number of hydrogen-bond donors (Lipinski definition) is 3. The molecule has 0 atom stereocenters. The first-order valence-corrected chi connectivity index (χ1v) is 5.76. The highest BCUT2D eigenvalue weighted by atomic mass is 35.6. The van der Waals surface area contributed by atoms with Gasteiger partial charge in [0.25, 0.3) is 9.70 Å². The van der Waals surface area contributed by atoms with Crippen LogP contribution in [0, 0.1) is 0 Å². The Labute approximate surface area is 113 Å². The maximum absolute atomic E-state index is 11.3. The van der Waals surface area contributed by atoms with Crippen LogP contribution in [0.4, 0.5) is 11.5 Å². The minimum atomic E-state index is -2.01. The minimum absolute atomic E-state index is 0.00737. The zero-order chi connectivity index (χ0) is 12.9. The SMILES string of the molecule is O=C(Nc1ccc(NCCO)nc1)C(Cl)(Cl)Cl. The predicted molar refractivity (Wildman–Crippen MR) is 68.7 cm³/mol. The molecule has 0 aliphatic heterocycles. The van der Waals surface area contributed by atoms with Gasteiger partial charge in [0.2, 0.25) is 0 Å². The quantitative estimate of drug-likeness (QED) is 0.741. The van der Waals surface area contributed by atoms with E-state index in [-0.39, 0.29) is 6.61 Å². The van der Waals surface area contributed by atoms with Gasteiger partial charge in [-0.1, -0.05) is 34.8 Å². The molecule has 0 radical (unpaired) electrons. The molecule has 0 saturated heterocycles. The van der Waals surface area contributed by atoms with Gasteiger partial charge in [-0.25, -0.2) is 4.98 Å². The van der Waals surface area contributed by atoms with Gasteiger partial charge in [-0.3, -0.25) is 4.79 Å². The molecule has 0 bridgehead atoms. The largest absolute Gasteiger partial charge is 0.395 e. The summed E-state index contributed by atoms with van der Waals surface area (Å²) in [6, 6.07) is 3.23. The van der Waals surface area contributed by atoms with E-state index in [4.69, 9.17) is 39.9 Å². The van der Waals surface area contributed by atoms with Gasteiger partial charge in [0.15, 0.2) is 0 Å². The molecule has 0 aliphatic carbocycles. The standard InChI is InChI=1S/C9H10Cl3N3O2/c10-9(11,12)8(17)15-6-1-2-7(14-5-6)13-3-4-16/h1-2,5,16H,3-4H2,(H,13,14)(H,15,17). The van der Waals surface area contributed by atoms with Crippen molar-refractivity contribution < 1.29 is 9.90 Å². The number of aliphatic hydroxyl groups excluding tert-OH is 1. The maximum Gasteiger partial charge on any atom is 0.276 e. The fourth-order valence-electron chi connectivity index (χ4n) is 0.958. The van der Waals surface area contributed by atoms with Crippen LogP contribution in [0.1, 0.15) is 0 Å². The van der Waals surface area contributed by atoms with Crippen LogP contribution in [-0.4, -0.2) is 32.9 Å². The van der Waals surface area contributed by atoms with E-state index in [1.165, 1.54) is 6.20 Å². The zero-order valence-corrected chi connectivity index (χ0v) is 10.9. The first kappa shape index (κ1) is 14.3. The van der Waals surface area contributed by atoms with Gasteiger partial charge in [0.1, 0.15) is 5.82 Å². The number of halogens is 3. The molecule has 5 nitrogen and oxygen atoms in total. The molecular weight excluding hydrogens is 288 g/mol. The molecule has 1 aromatic rings. The molecule has 94 valence electrons. The number of aromatic nitrogens is 1. The average Bonchev–Trinajstić information content (AvgIpc) is 2.27. The number of aliphatic hydroxyl groups is 1. The van der Waals surface area contributed by atoms with Crippen molar-refractivity contribution in [2.24, 2.45) is 0 Å². The summed E-state index contributed by atoms with van der Waals surface area (Å²) in [7, 11) is 0. The van der Waals surface area contributed by atoms with Gasteiger partial charge in [0, 0.05) is 6.54 Å². The number of rotatable bonds is 4. The van der Waals surface area contributed by atoms with Crippen LogP contribution < -0.4 is 10.6 Å². The third-order valence-corrected chi connectivity index (χ3v) is 2.21. The van der Waals surface area contributed by atoms with Crippen molar-refractivity contribution in [3.63, 3.8) is 0 Å². The van der Waals surface area contributed by atoms with Gasteiger partial charge >= 0.3 is 0 Å². The second kappa shape index (κ2) is 6.26. The zero-order valence-electron chi connectivity index (χ0n) is 8.58. The summed E-state index contributed by atoms with van der Waals surface area (Å²) < 4.78 is -2.01. The van der Waals surface area contributed by atoms with Crippen molar-refractivity contribution in [2.75, 3.05) is 23.8 Å². The fourth-order valence-corrected chi connectivity index (χ4v) is 1.10. The lowest BCUT2D eigenvalue weighted by molar-refractivity contribution is -0.115. The smallest absolute Gasteiger partial charge is 0.276 e. The number of carbonyl (C=O) groups is 1. The Morgan fingerprint density at radius 3 is 2.59 bits per heavy atom. The molecule has 0 saturated carbocycles. The Bertz CT molecular complexity index is 378. The van der Waals surface area contributed by atoms with Gasteiger partial charge in [-0.05, 0) is 12.1 Å². The number of nitrogens with one attached hydrogen (secondary N) is 2. The Morgan fingerprint density at radius 1 is 1.41 bits per heavy atom. The summed E-state index contributed by atoms with van der Waals surface area (Å²) in [6.45, 7) is 0.403. The number of amides is 1. The summed E-state index contributed by atoms with van der Waals surface area (Å²) >= 11 is 16.2. The van der Waals surface area contributed by atoms with Crippen LogP contribution in [0.2, 0.25) is 0 Å². The molecule has 1 amide bonds. The molecule has 1 aromatic heterocycles. The topological polar surface area (TPSA) is 74.2 Å². The summed E-state index contributed by atoms with van der Waals surface area (Å²) in [4.78, 5) is 15.3. The monoisotopic (exact) mass is 297 g/mol. The van der Waals surface area contributed by atoms with Crippen LogP contribution in [0.3, 0.4) is 0 Å². The number of pyridine rings is 1. The Hall–Kier alpha value is -0.750. The van der Waals surface area contributed by atoms with Gasteiger partial charge < -0.3 is 15.7 Å². The molecule has 0 aliphatic rings. The molecule has 17 heavy (non-hydrogen) atoms. The molecule has 1 rings (SSSR count).